The van der Waals surface area contributed by atoms with E-state index in [2.05, 4.69) is 0 Å². The second-order valence-electron chi connectivity index (χ2n) is 9.02. The van der Waals surface area contributed by atoms with Crippen molar-refractivity contribution in [3.05, 3.63) is 0 Å². The quantitative estimate of drug-likeness (QED) is 0.742. The maximum absolute atomic E-state index is 12.5. The summed E-state index contributed by atoms with van der Waals surface area (Å²) in [7, 11) is 1.45. The van der Waals surface area contributed by atoms with Crippen LogP contribution in [0.25, 0.3) is 0 Å². The van der Waals surface area contributed by atoms with Gasteiger partial charge in [0.15, 0.2) is 0 Å². The zero-order valence-corrected chi connectivity index (χ0v) is 17.6. The van der Waals surface area contributed by atoms with Gasteiger partial charge in [0.2, 0.25) is 11.8 Å². The standard InChI is InChI=1S/C19H32N2O6/c1-12(22)20(8)15(23)14-9-13(10-14)11-21(16(24)26-18(2,3)4)17(25)27-19(5,6)7/h13-14H,9-11H2,1-8H3. The molecule has 0 heterocycles. The molecule has 8 nitrogen and oxygen atoms in total. The average molecular weight is 384 g/mol. The Bertz CT molecular complexity index is 568. The highest BCUT2D eigenvalue weighted by molar-refractivity contribution is 5.95. The fourth-order valence-electron chi connectivity index (χ4n) is 2.63. The minimum Gasteiger partial charge on any atom is -0.443 e. The summed E-state index contributed by atoms with van der Waals surface area (Å²) in [6.07, 6.45) is -0.545. The van der Waals surface area contributed by atoms with E-state index in [0.29, 0.717) is 12.8 Å². The molecule has 0 aromatic heterocycles. The zero-order valence-electron chi connectivity index (χ0n) is 17.6. The number of carbonyl (C=O) groups is 4. The maximum Gasteiger partial charge on any atom is 0.419 e. The fourth-order valence-corrected chi connectivity index (χ4v) is 2.63. The molecule has 1 fully saturated rings. The van der Waals surface area contributed by atoms with Gasteiger partial charge in [0.1, 0.15) is 11.2 Å². The number of carbonyl (C=O) groups excluding carboxylic acids is 4. The summed E-state index contributed by atoms with van der Waals surface area (Å²) in [5.74, 6) is -0.866. The Balaban J connectivity index is 2.76. The highest BCUT2D eigenvalue weighted by Gasteiger charge is 2.41. The van der Waals surface area contributed by atoms with Gasteiger partial charge in [0.05, 0.1) is 0 Å². The Morgan fingerprint density at radius 3 is 1.63 bits per heavy atom. The van der Waals surface area contributed by atoms with Gasteiger partial charge < -0.3 is 9.47 Å². The van der Waals surface area contributed by atoms with Crippen molar-refractivity contribution < 1.29 is 28.7 Å². The van der Waals surface area contributed by atoms with Gasteiger partial charge in [-0.25, -0.2) is 14.5 Å². The second-order valence-corrected chi connectivity index (χ2v) is 9.02. The number of hydrogen-bond acceptors (Lipinski definition) is 6. The first-order valence-electron chi connectivity index (χ1n) is 9.12. The molecule has 0 N–H and O–H groups in total. The lowest BCUT2D eigenvalue weighted by atomic mass is 9.74. The summed E-state index contributed by atoms with van der Waals surface area (Å²) >= 11 is 0. The number of imide groups is 2. The number of ether oxygens (including phenoxy) is 2. The predicted octanol–water partition coefficient (Wildman–Crippen LogP) is 3.19. The zero-order chi connectivity index (χ0) is 21.2. The Morgan fingerprint density at radius 1 is 0.889 bits per heavy atom. The van der Waals surface area contributed by atoms with Crippen molar-refractivity contribution >= 4 is 24.0 Å². The van der Waals surface area contributed by atoms with Crippen LogP contribution in [0, 0.1) is 11.8 Å². The number of hydrogen-bond donors (Lipinski definition) is 0. The summed E-state index contributed by atoms with van der Waals surface area (Å²) < 4.78 is 10.6. The smallest absolute Gasteiger partial charge is 0.419 e. The van der Waals surface area contributed by atoms with Crippen LogP contribution in [-0.4, -0.2) is 58.6 Å². The highest BCUT2D eigenvalue weighted by atomic mass is 16.6. The molecule has 0 bridgehead atoms. The van der Waals surface area contributed by atoms with Gasteiger partial charge in [0.25, 0.3) is 0 Å². The SMILES string of the molecule is CC(=O)N(C)C(=O)C1CC(CN(C(=O)OC(C)(C)C)C(=O)OC(C)(C)C)C1. The lowest BCUT2D eigenvalue weighted by molar-refractivity contribution is -0.147. The van der Waals surface area contributed by atoms with Crippen molar-refractivity contribution in [1.82, 2.24) is 9.80 Å². The molecule has 8 heteroatoms. The third-order valence-corrected chi connectivity index (χ3v) is 4.06. The lowest BCUT2D eigenvalue weighted by Gasteiger charge is -2.38. The van der Waals surface area contributed by atoms with Crippen molar-refractivity contribution in [2.45, 2.75) is 72.5 Å². The molecule has 1 aliphatic carbocycles. The minimum absolute atomic E-state index is 0.0423. The average Bonchev–Trinajstić information content (AvgIpc) is 2.40. The van der Waals surface area contributed by atoms with E-state index in [9.17, 15) is 19.2 Å². The van der Waals surface area contributed by atoms with Gasteiger partial charge >= 0.3 is 12.2 Å². The van der Waals surface area contributed by atoms with Gasteiger partial charge in [-0.05, 0) is 60.3 Å². The Kier molecular flexibility index (Phi) is 7.02. The van der Waals surface area contributed by atoms with E-state index in [-0.39, 0.29) is 30.2 Å². The van der Waals surface area contributed by atoms with Gasteiger partial charge in [-0.2, -0.15) is 0 Å². The predicted molar refractivity (Wildman–Crippen MR) is 98.8 cm³/mol. The molecule has 1 rings (SSSR count). The maximum atomic E-state index is 12.5. The molecule has 0 saturated heterocycles. The second kappa shape index (κ2) is 8.27. The van der Waals surface area contributed by atoms with Crippen LogP contribution in [0.1, 0.15) is 61.3 Å². The van der Waals surface area contributed by atoms with Crippen molar-refractivity contribution in [3.8, 4) is 0 Å². The van der Waals surface area contributed by atoms with E-state index in [4.69, 9.17) is 9.47 Å². The van der Waals surface area contributed by atoms with Gasteiger partial charge in [0, 0.05) is 26.4 Å². The molecular weight excluding hydrogens is 352 g/mol. The van der Waals surface area contributed by atoms with Crippen LogP contribution < -0.4 is 0 Å². The number of amides is 4. The van der Waals surface area contributed by atoms with E-state index >= 15 is 0 Å². The van der Waals surface area contributed by atoms with Crippen molar-refractivity contribution in [3.63, 3.8) is 0 Å². The third kappa shape index (κ3) is 7.19. The first-order chi connectivity index (χ1) is 12.1. The largest absolute Gasteiger partial charge is 0.443 e. The lowest BCUT2D eigenvalue weighted by Crippen LogP contribution is -2.49. The summed E-state index contributed by atoms with van der Waals surface area (Å²) in [5, 5.41) is 0. The number of rotatable bonds is 3. The Labute approximate surface area is 161 Å². The highest BCUT2D eigenvalue weighted by Crippen LogP contribution is 2.36. The van der Waals surface area contributed by atoms with E-state index in [1.165, 1.54) is 14.0 Å². The van der Waals surface area contributed by atoms with Crippen molar-refractivity contribution in [2.24, 2.45) is 11.8 Å². The fraction of sp³-hybridized carbons (Fsp3) is 0.789. The van der Waals surface area contributed by atoms with Crippen LogP contribution in [0.3, 0.4) is 0 Å². The summed E-state index contributed by atoms with van der Waals surface area (Å²) in [6.45, 7) is 11.7. The molecule has 0 aromatic carbocycles. The van der Waals surface area contributed by atoms with Crippen LogP contribution in [0.4, 0.5) is 9.59 Å². The summed E-state index contributed by atoms with van der Waals surface area (Å²) in [6, 6.07) is 0. The monoisotopic (exact) mass is 384 g/mol. The van der Waals surface area contributed by atoms with E-state index < -0.39 is 23.4 Å². The van der Waals surface area contributed by atoms with Crippen LogP contribution in [0.5, 0.6) is 0 Å². The molecule has 0 radical (unpaired) electrons. The molecule has 1 aliphatic rings. The summed E-state index contributed by atoms with van der Waals surface area (Å²) in [4.78, 5) is 50.4. The van der Waals surface area contributed by atoms with Gasteiger partial charge in [-0.15, -0.1) is 0 Å². The summed E-state index contributed by atoms with van der Waals surface area (Å²) in [5.41, 5.74) is -1.50. The van der Waals surface area contributed by atoms with Crippen LogP contribution in [0.15, 0.2) is 0 Å². The normalized spacial score (nSPS) is 19.6. The van der Waals surface area contributed by atoms with Crippen molar-refractivity contribution in [2.75, 3.05) is 13.6 Å². The van der Waals surface area contributed by atoms with Crippen LogP contribution >= 0.6 is 0 Å². The van der Waals surface area contributed by atoms with E-state index in [0.717, 1.165) is 9.80 Å². The van der Waals surface area contributed by atoms with E-state index in [1.807, 2.05) is 0 Å². The number of nitrogens with zero attached hydrogens (tertiary/aromatic N) is 2. The molecule has 1 saturated carbocycles. The van der Waals surface area contributed by atoms with Crippen LogP contribution in [0.2, 0.25) is 0 Å². The Morgan fingerprint density at radius 2 is 1.30 bits per heavy atom. The molecule has 27 heavy (non-hydrogen) atoms. The third-order valence-electron chi connectivity index (χ3n) is 4.06. The molecule has 4 amide bonds. The molecule has 0 aromatic rings. The molecule has 0 atom stereocenters. The first-order valence-corrected chi connectivity index (χ1v) is 9.12. The molecular formula is C19H32N2O6. The molecule has 0 unspecified atom stereocenters. The van der Waals surface area contributed by atoms with Gasteiger partial charge in [-0.3, -0.25) is 14.5 Å². The van der Waals surface area contributed by atoms with Crippen molar-refractivity contribution in [1.29, 1.82) is 0 Å². The van der Waals surface area contributed by atoms with Crippen LogP contribution in [-0.2, 0) is 19.1 Å². The minimum atomic E-state index is -0.771. The molecule has 0 spiro atoms. The molecule has 154 valence electrons. The van der Waals surface area contributed by atoms with Gasteiger partial charge in [-0.1, -0.05) is 0 Å². The topological polar surface area (TPSA) is 93.2 Å². The Hall–Kier alpha value is -2.12. The van der Waals surface area contributed by atoms with E-state index in [1.54, 1.807) is 41.5 Å². The molecule has 0 aliphatic heterocycles. The first kappa shape index (κ1) is 22.9.